The maximum absolute atomic E-state index is 11.3. The number of carbonyl (C=O) groups is 2. The highest BCUT2D eigenvalue weighted by Gasteiger charge is 2.22. The number of hydrogen-bond donors (Lipinski definition) is 3. The summed E-state index contributed by atoms with van der Waals surface area (Å²) < 4.78 is 5.03. The second kappa shape index (κ2) is 4.79. The molecule has 3 N–H and O–H groups in total. The zero-order chi connectivity index (χ0) is 13.1. The molecule has 0 bridgehead atoms. The van der Waals surface area contributed by atoms with Crippen molar-refractivity contribution in [2.45, 2.75) is 6.04 Å². The summed E-state index contributed by atoms with van der Waals surface area (Å²) in [4.78, 5) is 22.2. The van der Waals surface area contributed by atoms with Gasteiger partial charge in [0.05, 0.1) is 13.2 Å². The van der Waals surface area contributed by atoms with E-state index in [9.17, 15) is 9.59 Å². The molecular weight excluding hydrogens is 236 g/mol. The van der Waals surface area contributed by atoms with Crippen LogP contribution in [-0.2, 0) is 4.79 Å². The summed E-state index contributed by atoms with van der Waals surface area (Å²) in [5.74, 6) is -0.468. The molecule has 0 aromatic heterocycles. The number of amides is 2. The van der Waals surface area contributed by atoms with Crippen molar-refractivity contribution < 1.29 is 19.4 Å². The third-order valence-corrected chi connectivity index (χ3v) is 2.57. The molecule has 1 aliphatic heterocycles. The minimum atomic E-state index is -1.16. The molecule has 0 spiro atoms. The smallest absolute Gasteiger partial charge is 0.352 e. The number of urea groups is 1. The van der Waals surface area contributed by atoms with Crippen LogP contribution in [0.25, 0.3) is 0 Å². The minimum Gasteiger partial charge on any atom is -0.497 e. The molecule has 0 saturated carbocycles. The number of carboxylic acid groups (broad SMARTS) is 1. The van der Waals surface area contributed by atoms with Gasteiger partial charge in [-0.15, -0.1) is 0 Å². The number of benzene rings is 1. The van der Waals surface area contributed by atoms with Crippen LogP contribution in [0.2, 0.25) is 0 Å². The molecule has 1 aromatic carbocycles. The highest BCUT2D eigenvalue weighted by atomic mass is 16.5. The lowest BCUT2D eigenvalue weighted by molar-refractivity contribution is -0.133. The van der Waals surface area contributed by atoms with Gasteiger partial charge in [0.2, 0.25) is 0 Å². The van der Waals surface area contributed by atoms with Gasteiger partial charge < -0.3 is 20.5 Å². The number of rotatable bonds is 3. The summed E-state index contributed by atoms with van der Waals surface area (Å²) in [7, 11) is 1.56. The summed E-state index contributed by atoms with van der Waals surface area (Å²) in [6.45, 7) is 0. The normalized spacial score (nSPS) is 18.4. The van der Waals surface area contributed by atoms with Gasteiger partial charge >= 0.3 is 12.0 Å². The van der Waals surface area contributed by atoms with Gasteiger partial charge in [-0.05, 0) is 23.8 Å². The number of hydrogen-bond acceptors (Lipinski definition) is 3. The maximum Gasteiger partial charge on any atom is 0.352 e. The SMILES string of the molecule is COc1ccc([C@H]2C=C(C(=O)O)NC(=O)N2)cc1. The van der Waals surface area contributed by atoms with E-state index in [1.165, 1.54) is 6.08 Å². The molecule has 0 radical (unpaired) electrons. The van der Waals surface area contributed by atoms with Crippen molar-refractivity contribution >= 4 is 12.0 Å². The Morgan fingerprint density at radius 1 is 1.33 bits per heavy atom. The fraction of sp³-hybridized carbons (Fsp3) is 0.167. The maximum atomic E-state index is 11.3. The van der Waals surface area contributed by atoms with E-state index in [1.807, 2.05) is 0 Å². The quantitative estimate of drug-likeness (QED) is 0.745. The number of ether oxygens (including phenoxy) is 1. The standard InChI is InChI=1S/C12H12N2O4/c1-18-8-4-2-7(3-5-8)9-6-10(11(15)16)14-12(17)13-9/h2-6,9H,1H3,(H,15,16)(H2,13,14,17)/t9-/m1/s1. The van der Waals surface area contributed by atoms with Gasteiger partial charge in [-0.1, -0.05) is 12.1 Å². The van der Waals surface area contributed by atoms with Crippen molar-refractivity contribution in [3.63, 3.8) is 0 Å². The zero-order valence-electron chi connectivity index (χ0n) is 9.64. The third-order valence-electron chi connectivity index (χ3n) is 2.57. The second-order valence-electron chi connectivity index (χ2n) is 3.73. The summed E-state index contributed by atoms with van der Waals surface area (Å²) in [5.41, 5.74) is 0.656. The van der Waals surface area contributed by atoms with Crippen LogP contribution in [0.3, 0.4) is 0 Å². The third kappa shape index (κ3) is 2.42. The zero-order valence-corrected chi connectivity index (χ0v) is 9.64. The van der Waals surface area contributed by atoms with Crippen LogP contribution in [-0.4, -0.2) is 24.2 Å². The number of carbonyl (C=O) groups excluding carboxylic acids is 1. The molecular formula is C12H12N2O4. The van der Waals surface area contributed by atoms with Crippen molar-refractivity contribution in [2.24, 2.45) is 0 Å². The highest BCUT2D eigenvalue weighted by Crippen LogP contribution is 2.21. The first-order valence-corrected chi connectivity index (χ1v) is 5.26. The highest BCUT2D eigenvalue weighted by molar-refractivity contribution is 5.93. The molecule has 0 fully saturated rings. The Hall–Kier alpha value is -2.50. The van der Waals surface area contributed by atoms with Crippen LogP contribution in [0, 0.1) is 0 Å². The van der Waals surface area contributed by atoms with E-state index in [1.54, 1.807) is 31.4 Å². The van der Waals surface area contributed by atoms with Crippen molar-refractivity contribution in [3.8, 4) is 5.75 Å². The molecule has 1 aliphatic rings. The fourth-order valence-electron chi connectivity index (χ4n) is 1.67. The Kier molecular flexibility index (Phi) is 3.18. The van der Waals surface area contributed by atoms with Gasteiger partial charge in [-0.3, -0.25) is 0 Å². The molecule has 6 nitrogen and oxygen atoms in total. The van der Waals surface area contributed by atoms with Crippen molar-refractivity contribution in [2.75, 3.05) is 7.11 Å². The van der Waals surface area contributed by atoms with E-state index in [-0.39, 0.29) is 5.70 Å². The summed E-state index contributed by atoms with van der Waals surface area (Å²) >= 11 is 0. The van der Waals surface area contributed by atoms with Crippen molar-refractivity contribution in [1.82, 2.24) is 10.6 Å². The van der Waals surface area contributed by atoms with E-state index in [4.69, 9.17) is 9.84 Å². The molecule has 0 saturated heterocycles. The molecule has 1 atom stereocenters. The van der Waals surface area contributed by atoms with Gasteiger partial charge in [-0.25, -0.2) is 9.59 Å². The first-order chi connectivity index (χ1) is 8.60. The number of carboxylic acids is 1. The van der Waals surface area contributed by atoms with Crippen LogP contribution >= 0.6 is 0 Å². The molecule has 2 rings (SSSR count). The first kappa shape index (κ1) is 12.0. The Labute approximate surface area is 103 Å². The van der Waals surface area contributed by atoms with Crippen molar-refractivity contribution in [3.05, 3.63) is 41.6 Å². The number of aliphatic carboxylic acids is 1. The van der Waals surface area contributed by atoms with E-state index in [0.717, 1.165) is 5.56 Å². The van der Waals surface area contributed by atoms with Crippen LogP contribution < -0.4 is 15.4 Å². The molecule has 0 unspecified atom stereocenters. The molecule has 94 valence electrons. The fourth-order valence-corrected chi connectivity index (χ4v) is 1.67. The molecule has 1 heterocycles. The van der Waals surface area contributed by atoms with Gasteiger partial charge in [0, 0.05) is 0 Å². The molecule has 0 aliphatic carbocycles. The van der Waals surface area contributed by atoms with Gasteiger partial charge in [0.15, 0.2) is 0 Å². The Balaban J connectivity index is 2.28. The van der Waals surface area contributed by atoms with E-state index in [0.29, 0.717) is 5.75 Å². The topological polar surface area (TPSA) is 87.7 Å². The first-order valence-electron chi connectivity index (χ1n) is 5.26. The summed E-state index contributed by atoms with van der Waals surface area (Å²) in [5, 5.41) is 13.7. The largest absolute Gasteiger partial charge is 0.497 e. The number of nitrogens with one attached hydrogen (secondary N) is 2. The summed E-state index contributed by atoms with van der Waals surface area (Å²) in [6, 6.07) is 6.04. The van der Waals surface area contributed by atoms with Crippen LogP contribution in [0.4, 0.5) is 4.79 Å². The molecule has 6 heteroatoms. The van der Waals surface area contributed by atoms with Gasteiger partial charge in [0.1, 0.15) is 11.4 Å². The van der Waals surface area contributed by atoms with E-state index in [2.05, 4.69) is 10.6 Å². The monoisotopic (exact) mass is 248 g/mol. The average Bonchev–Trinajstić information content (AvgIpc) is 2.38. The van der Waals surface area contributed by atoms with Gasteiger partial charge in [-0.2, -0.15) is 0 Å². The van der Waals surface area contributed by atoms with E-state index < -0.39 is 18.0 Å². The minimum absolute atomic E-state index is 0.125. The molecule has 1 aromatic rings. The second-order valence-corrected chi connectivity index (χ2v) is 3.73. The lowest BCUT2D eigenvalue weighted by Crippen LogP contribution is -2.43. The average molecular weight is 248 g/mol. The Morgan fingerprint density at radius 2 is 2.00 bits per heavy atom. The molecule has 2 amide bonds. The van der Waals surface area contributed by atoms with Gasteiger partial charge in [0.25, 0.3) is 0 Å². The summed E-state index contributed by atoms with van der Waals surface area (Å²) in [6.07, 6.45) is 1.45. The Bertz CT molecular complexity index is 507. The van der Waals surface area contributed by atoms with Crippen LogP contribution in [0.1, 0.15) is 11.6 Å². The predicted octanol–water partition coefficient (Wildman–Crippen LogP) is 1.02. The lowest BCUT2D eigenvalue weighted by atomic mass is 10.0. The predicted molar refractivity (Wildman–Crippen MR) is 63.1 cm³/mol. The van der Waals surface area contributed by atoms with E-state index >= 15 is 0 Å². The van der Waals surface area contributed by atoms with Crippen LogP contribution in [0.15, 0.2) is 36.0 Å². The van der Waals surface area contributed by atoms with Crippen LogP contribution in [0.5, 0.6) is 5.75 Å². The molecule has 18 heavy (non-hydrogen) atoms. The Morgan fingerprint density at radius 3 is 2.56 bits per heavy atom. The van der Waals surface area contributed by atoms with Crippen molar-refractivity contribution in [1.29, 1.82) is 0 Å². The number of methoxy groups -OCH3 is 1. The lowest BCUT2D eigenvalue weighted by Gasteiger charge is -2.22.